The highest BCUT2D eigenvalue weighted by atomic mass is 35.5. The highest BCUT2D eigenvalue weighted by Gasteiger charge is 2.02. The maximum Gasteiger partial charge on any atom is 0.269 e. The Kier molecular flexibility index (Phi) is 3.36. The Bertz CT molecular complexity index is 384. The van der Waals surface area contributed by atoms with Crippen LogP contribution >= 0.6 is 11.6 Å². The van der Waals surface area contributed by atoms with Crippen LogP contribution in [0.15, 0.2) is 30.3 Å². The van der Waals surface area contributed by atoms with E-state index in [1.54, 1.807) is 0 Å². The fraction of sp³-hybridized carbons (Fsp3) is 0. The summed E-state index contributed by atoms with van der Waals surface area (Å²) >= 11 is 5.08. The molecule has 1 aromatic rings. The molecule has 0 heterocycles. The maximum atomic E-state index is 10.4. The first kappa shape index (κ1) is 10.4. The molecular formula is C9H6ClNO3. The van der Waals surface area contributed by atoms with Crippen LogP contribution < -0.4 is 0 Å². The van der Waals surface area contributed by atoms with E-state index in [2.05, 4.69) is 0 Å². The number of benzene rings is 1. The summed E-state index contributed by atoms with van der Waals surface area (Å²) in [6.07, 6.45) is 2.67. The van der Waals surface area contributed by atoms with Crippen LogP contribution in [0.2, 0.25) is 0 Å². The normalized spacial score (nSPS) is 10.4. The molecule has 0 bridgehead atoms. The molecule has 0 radical (unpaired) electrons. The third-order valence-corrected chi connectivity index (χ3v) is 1.64. The predicted molar refractivity (Wildman–Crippen MR) is 53.0 cm³/mol. The smallest absolute Gasteiger partial charge is 0.269 e. The van der Waals surface area contributed by atoms with E-state index in [0.29, 0.717) is 5.56 Å². The van der Waals surface area contributed by atoms with Crippen molar-refractivity contribution < 1.29 is 9.72 Å². The van der Waals surface area contributed by atoms with Gasteiger partial charge in [-0.05, 0) is 35.4 Å². The van der Waals surface area contributed by atoms with Crippen molar-refractivity contribution in [3.05, 3.63) is 46.0 Å². The van der Waals surface area contributed by atoms with Crippen molar-refractivity contribution in [3.8, 4) is 0 Å². The Morgan fingerprint density at radius 2 is 1.93 bits per heavy atom. The topological polar surface area (TPSA) is 60.2 Å². The number of hydrogen-bond donors (Lipinski definition) is 0. The molecule has 0 fully saturated rings. The van der Waals surface area contributed by atoms with E-state index < -0.39 is 10.2 Å². The number of rotatable bonds is 3. The Hall–Kier alpha value is -1.68. The lowest BCUT2D eigenvalue weighted by Gasteiger charge is -1.92. The zero-order valence-corrected chi connectivity index (χ0v) is 7.77. The van der Waals surface area contributed by atoms with Gasteiger partial charge in [-0.15, -0.1) is 0 Å². The number of halogens is 1. The number of carbonyl (C=O) groups is 1. The number of nitro benzene ring substituents is 1. The van der Waals surface area contributed by atoms with Gasteiger partial charge >= 0.3 is 0 Å². The quantitative estimate of drug-likeness (QED) is 0.334. The van der Waals surface area contributed by atoms with Crippen LogP contribution in [-0.2, 0) is 4.79 Å². The van der Waals surface area contributed by atoms with Gasteiger partial charge in [0.1, 0.15) is 0 Å². The van der Waals surface area contributed by atoms with Crippen LogP contribution in [0, 0.1) is 10.1 Å². The largest absolute Gasteiger partial charge is 0.276 e. The van der Waals surface area contributed by atoms with Gasteiger partial charge in [0.15, 0.2) is 0 Å². The van der Waals surface area contributed by atoms with Gasteiger partial charge < -0.3 is 0 Å². The van der Waals surface area contributed by atoms with E-state index in [-0.39, 0.29) is 5.69 Å². The van der Waals surface area contributed by atoms with Gasteiger partial charge in [-0.2, -0.15) is 0 Å². The summed E-state index contributed by atoms with van der Waals surface area (Å²) in [5.41, 5.74) is 0.698. The highest BCUT2D eigenvalue weighted by Crippen LogP contribution is 2.12. The van der Waals surface area contributed by atoms with Crippen molar-refractivity contribution >= 4 is 28.6 Å². The third kappa shape index (κ3) is 2.99. The monoisotopic (exact) mass is 211 g/mol. The summed E-state index contributed by atoms with van der Waals surface area (Å²) in [5, 5.41) is 9.71. The van der Waals surface area contributed by atoms with Crippen LogP contribution in [-0.4, -0.2) is 10.2 Å². The molecule has 0 saturated carbocycles. The van der Waals surface area contributed by atoms with Crippen LogP contribution in [0.3, 0.4) is 0 Å². The molecule has 0 aliphatic rings. The average molecular weight is 212 g/mol. The first-order valence-corrected chi connectivity index (χ1v) is 4.09. The number of allylic oxidation sites excluding steroid dienone is 1. The highest BCUT2D eigenvalue weighted by molar-refractivity contribution is 6.66. The van der Waals surface area contributed by atoms with Gasteiger partial charge in [0.2, 0.25) is 5.24 Å². The Balaban J connectivity index is 2.83. The summed E-state index contributed by atoms with van der Waals surface area (Å²) < 4.78 is 0. The minimum atomic E-state index is -0.580. The van der Waals surface area contributed by atoms with E-state index in [1.165, 1.54) is 36.4 Å². The predicted octanol–water partition coefficient (Wildman–Crippen LogP) is 2.37. The molecule has 0 unspecified atom stereocenters. The first-order chi connectivity index (χ1) is 6.59. The van der Waals surface area contributed by atoms with E-state index in [0.717, 1.165) is 0 Å². The lowest BCUT2D eigenvalue weighted by Crippen LogP contribution is -1.86. The number of carbonyl (C=O) groups excluding carboxylic acids is 1. The van der Waals surface area contributed by atoms with Crippen molar-refractivity contribution in [1.82, 2.24) is 0 Å². The van der Waals surface area contributed by atoms with Crippen molar-refractivity contribution in [2.24, 2.45) is 0 Å². The molecule has 0 aromatic heterocycles. The standard InChI is InChI=1S/C9H6ClNO3/c10-9(12)6-3-7-1-4-8(5-2-7)11(13)14/h1-6H/b6-3+. The molecule has 0 aliphatic carbocycles. The van der Waals surface area contributed by atoms with Gasteiger partial charge in [-0.3, -0.25) is 14.9 Å². The molecule has 0 atom stereocenters. The molecule has 72 valence electrons. The number of hydrogen-bond acceptors (Lipinski definition) is 3. The Morgan fingerprint density at radius 1 is 1.36 bits per heavy atom. The zero-order valence-electron chi connectivity index (χ0n) is 7.01. The zero-order chi connectivity index (χ0) is 10.6. The number of nitro groups is 1. The second-order valence-electron chi connectivity index (χ2n) is 2.49. The second-order valence-corrected chi connectivity index (χ2v) is 2.86. The molecule has 0 N–H and O–H groups in total. The van der Waals surface area contributed by atoms with Gasteiger partial charge in [0.25, 0.3) is 5.69 Å². The molecule has 0 amide bonds. The van der Waals surface area contributed by atoms with Gasteiger partial charge in [-0.25, -0.2) is 0 Å². The average Bonchev–Trinajstić information content (AvgIpc) is 2.15. The van der Waals surface area contributed by atoms with Crippen molar-refractivity contribution in [3.63, 3.8) is 0 Å². The molecule has 0 aliphatic heterocycles. The summed E-state index contributed by atoms with van der Waals surface area (Å²) in [5.74, 6) is 0. The van der Waals surface area contributed by atoms with Gasteiger partial charge in [0, 0.05) is 12.1 Å². The lowest BCUT2D eigenvalue weighted by atomic mass is 10.2. The Labute approximate surface area is 85.0 Å². The van der Waals surface area contributed by atoms with E-state index in [1.807, 2.05) is 0 Å². The molecule has 4 nitrogen and oxygen atoms in total. The van der Waals surface area contributed by atoms with Crippen molar-refractivity contribution in [1.29, 1.82) is 0 Å². The third-order valence-electron chi connectivity index (χ3n) is 1.51. The lowest BCUT2D eigenvalue weighted by molar-refractivity contribution is -0.384. The van der Waals surface area contributed by atoms with Gasteiger partial charge in [0.05, 0.1) is 4.92 Å². The fourth-order valence-corrected chi connectivity index (χ4v) is 0.932. The molecule has 1 aromatic carbocycles. The molecule has 0 spiro atoms. The molecule has 1 rings (SSSR count). The maximum absolute atomic E-state index is 10.4. The van der Waals surface area contributed by atoms with E-state index in [4.69, 9.17) is 11.6 Å². The second kappa shape index (κ2) is 4.53. The molecule has 5 heteroatoms. The van der Waals surface area contributed by atoms with Crippen LogP contribution in [0.5, 0.6) is 0 Å². The SMILES string of the molecule is O=C(Cl)/C=C/c1ccc([N+](=O)[O-])cc1. The van der Waals surface area contributed by atoms with E-state index >= 15 is 0 Å². The fourth-order valence-electron chi connectivity index (χ4n) is 0.869. The summed E-state index contributed by atoms with van der Waals surface area (Å²) in [6.45, 7) is 0. The summed E-state index contributed by atoms with van der Waals surface area (Å²) in [4.78, 5) is 20.2. The summed E-state index contributed by atoms with van der Waals surface area (Å²) in [7, 11) is 0. The van der Waals surface area contributed by atoms with Gasteiger partial charge in [-0.1, -0.05) is 6.08 Å². The first-order valence-electron chi connectivity index (χ1n) is 3.71. The minimum absolute atomic E-state index is 0.0133. The van der Waals surface area contributed by atoms with Crippen LogP contribution in [0.25, 0.3) is 6.08 Å². The number of non-ortho nitro benzene ring substituents is 1. The van der Waals surface area contributed by atoms with Crippen molar-refractivity contribution in [2.75, 3.05) is 0 Å². The molecular weight excluding hydrogens is 206 g/mol. The molecule has 0 saturated heterocycles. The van der Waals surface area contributed by atoms with Crippen LogP contribution in [0.1, 0.15) is 5.56 Å². The van der Waals surface area contributed by atoms with Crippen LogP contribution in [0.4, 0.5) is 5.69 Å². The summed E-state index contributed by atoms with van der Waals surface area (Å²) in [6, 6.07) is 5.79. The molecule has 14 heavy (non-hydrogen) atoms. The van der Waals surface area contributed by atoms with E-state index in [9.17, 15) is 14.9 Å². The van der Waals surface area contributed by atoms with Crippen molar-refractivity contribution in [2.45, 2.75) is 0 Å². The Morgan fingerprint density at radius 3 is 2.36 bits per heavy atom. The number of nitrogens with zero attached hydrogens (tertiary/aromatic N) is 1. The minimum Gasteiger partial charge on any atom is -0.276 e.